The van der Waals surface area contributed by atoms with E-state index < -0.39 is 11.6 Å². The molecule has 0 N–H and O–H groups in total. The molecule has 0 amide bonds. The SMILES string of the molecule is C=CC1CCC(C2CCC(c3ccc(OC=CC)c(F)c3F)CC2)CC1. The summed E-state index contributed by atoms with van der Waals surface area (Å²) in [6.45, 7) is 5.69. The highest BCUT2D eigenvalue weighted by atomic mass is 19.2. The Labute approximate surface area is 156 Å². The molecule has 1 nitrogen and oxygen atoms in total. The van der Waals surface area contributed by atoms with Crippen molar-refractivity contribution in [3.63, 3.8) is 0 Å². The van der Waals surface area contributed by atoms with E-state index in [1.165, 1.54) is 31.9 Å². The first-order valence-corrected chi connectivity index (χ1v) is 10.0. The fourth-order valence-electron chi connectivity index (χ4n) is 4.85. The highest BCUT2D eigenvalue weighted by molar-refractivity contribution is 5.33. The molecule has 1 aromatic carbocycles. The van der Waals surface area contributed by atoms with Crippen molar-refractivity contribution in [1.82, 2.24) is 0 Å². The Bertz CT molecular complexity index is 636. The molecule has 0 saturated heterocycles. The minimum Gasteiger partial charge on any atom is -0.462 e. The maximum atomic E-state index is 14.5. The lowest BCUT2D eigenvalue weighted by atomic mass is 9.68. The van der Waals surface area contributed by atoms with Gasteiger partial charge in [-0.1, -0.05) is 18.2 Å². The summed E-state index contributed by atoms with van der Waals surface area (Å²) in [7, 11) is 0. The lowest BCUT2D eigenvalue weighted by Crippen LogP contribution is -2.25. The van der Waals surface area contributed by atoms with Crippen LogP contribution >= 0.6 is 0 Å². The summed E-state index contributed by atoms with van der Waals surface area (Å²) in [6, 6.07) is 3.26. The summed E-state index contributed by atoms with van der Waals surface area (Å²) in [5, 5.41) is 0. The van der Waals surface area contributed by atoms with Crippen LogP contribution in [0.3, 0.4) is 0 Å². The van der Waals surface area contributed by atoms with Crippen LogP contribution in [-0.4, -0.2) is 0 Å². The summed E-state index contributed by atoms with van der Waals surface area (Å²) in [6.07, 6.45) is 14.4. The highest BCUT2D eigenvalue weighted by Gasteiger charge is 2.32. The van der Waals surface area contributed by atoms with Gasteiger partial charge in [0.1, 0.15) is 0 Å². The Kier molecular flexibility index (Phi) is 6.50. The van der Waals surface area contributed by atoms with Gasteiger partial charge in [0.2, 0.25) is 5.82 Å². The van der Waals surface area contributed by atoms with Crippen LogP contribution in [0.2, 0.25) is 0 Å². The maximum Gasteiger partial charge on any atom is 0.201 e. The van der Waals surface area contributed by atoms with Crippen LogP contribution in [-0.2, 0) is 0 Å². The zero-order valence-electron chi connectivity index (χ0n) is 15.7. The van der Waals surface area contributed by atoms with Gasteiger partial charge in [-0.05, 0) is 93.6 Å². The van der Waals surface area contributed by atoms with E-state index in [0.717, 1.165) is 37.5 Å². The van der Waals surface area contributed by atoms with Gasteiger partial charge in [-0.25, -0.2) is 4.39 Å². The van der Waals surface area contributed by atoms with Gasteiger partial charge in [-0.2, -0.15) is 4.39 Å². The zero-order valence-corrected chi connectivity index (χ0v) is 15.7. The normalized spacial score (nSPS) is 29.7. The van der Waals surface area contributed by atoms with Gasteiger partial charge < -0.3 is 4.74 Å². The molecule has 0 bridgehead atoms. The monoisotopic (exact) mass is 360 g/mol. The first-order chi connectivity index (χ1) is 12.6. The molecule has 1 aromatic rings. The number of benzene rings is 1. The third kappa shape index (κ3) is 4.19. The van der Waals surface area contributed by atoms with Gasteiger partial charge in [-0.15, -0.1) is 6.58 Å². The Balaban J connectivity index is 1.60. The Morgan fingerprint density at radius 2 is 1.54 bits per heavy atom. The maximum absolute atomic E-state index is 14.5. The second kappa shape index (κ2) is 8.83. The van der Waals surface area contributed by atoms with Gasteiger partial charge in [0.25, 0.3) is 0 Å². The van der Waals surface area contributed by atoms with E-state index in [-0.39, 0.29) is 11.7 Å². The molecule has 0 heterocycles. The standard InChI is InChI=1S/C23H30F2O/c1-3-15-26-21-14-13-20(22(24)23(21)25)19-11-9-18(10-12-19)17-7-5-16(4-2)6-8-17/h3-4,13-19H,2,5-12H2,1H3. The molecule has 0 radical (unpaired) electrons. The summed E-state index contributed by atoms with van der Waals surface area (Å²) >= 11 is 0. The molecule has 0 aromatic heterocycles. The average molecular weight is 360 g/mol. The molecule has 2 saturated carbocycles. The average Bonchev–Trinajstić information content (AvgIpc) is 2.69. The second-order valence-corrected chi connectivity index (χ2v) is 7.89. The summed E-state index contributed by atoms with van der Waals surface area (Å²) in [4.78, 5) is 0. The van der Waals surface area contributed by atoms with E-state index in [0.29, 0.717) is 11.5 Å². The smallest absolute Gasteiger partial charge is 0.201 e. The first kappa shape index (κ1) is 19.1. The van der Waals surface area contributed by atoms with Crippen molar-refractivity contribution < 1.29 is 13.5 Å². The van der Waals surface area contributed by atoms with Crippen molar-refractivity contribution in [3.8, 4) is 5.75 Å². The van der Waals surface area contributed by atoms with Crippen LogP contribution in [0.1, 0.15) is 69.8 Å². The molecule has 3 rings (SSSR count). The van der Waals surface area contributed by atoms with Gasteiger partial charge in [-0.3, -0.25) is 0 Å². The molecule has 0 atom stereocenters. The van der Waals surface area contributed by atoms with Crippen molar-refractivity contribution in [2.24, 2.45) is 17.8 Å². The van der Waals surface area contributed by atoms with Crippen molar-refractivity contribution in [2.45, 2.75) is 64.2 Å². The number of halogens is 2. The van der Waals surface area contributed by atoms with Crippen molar-refractivity contribution in [3.05, 3.63) is 54.3 Å². The summed E-state index contributed by atoms with van der Waals surface area (Å²) < 4.78 is 33.9. The van der Waals surface area contributed by atoms with Crippen LogP contribution in [0, 0.1) is 29.4 Å². The van der Waals surface area contributed by atoms with E-state index in [2.05, 4.69) is 12.7 Å². The molecular formula is C23H30F2O. The number of allylic oxidation sites excluding steroid dienone is 2. The largest absolute Gasteiger partial charge is 0.462 e. The van der Waals surface area contributed by atoms with Crippen LogP contribution in [0.15, 0.2) is 37.1 Å². The van der Waals surface area contributed by atoms with Crippen LogP contribution in [0.25, 0.3) is 0 Å². The molecule has 2 aliphatic carbocycles. The Morgan fingerprint density at radius 3 is 2.12 bits per heavy atom. The molecule has 2 aliphatic rings. The molecule has 0 aliphatic heterocycles. The predicted molar refractivity (Wildman–Crippen MR) is 102 cm³/mol. The molecule has 0 spiro atoms. The quantitative estimate of drug-likeness (QED) is 0.400. The molecule has 3 heteroatoms. The zero-order chi connectivity index (χ0) is 18.5. The molecule has 26 heavy (non-hydrogen) atoms. The van der Waals surface area contributed by atoms with E-state index in [1.807, 2.05) is 0 Å². The van der Waals surface area contributed by atoms with Crippen molar-refractivity contribution >= 4 is 0 Å². The molecule has 2 fully saturated rings. The lowest BCUT2D eigenvalue weighted by molar-refractivity contribution is 0.170. The molecule has 142 valence electrons. The number of rotatable bonds is 5. The minimum absolute atomic E-state index is 0.0444. The Hall–Kier alpha value is -1.64. The van der Waals surface area contributed by atoms with Crippen LogP contribution < -0.4 is 4.74 Å². The van der Waals surface area contributed by atoms with Gasteiger partial charge >= 0.3 is 0 Å². The second-order valence-electron chi connectivity index (χ2n) is 7.89. The molecule has 0 unspecified atom stereocenters. The van der Waals surface area contributed by atoms with Gasteiger partial charge in [0, 0.05) is 0 Å². The third-order valence-electron chi connectivity index (χ3n) is 6.44. The number of ether oxygens (including phenoxy) is 1. The van der Waals surface area contributed by atoms with Crippen molar-refractivity contribution in [1.29, 1.82) is 0 Å². The summed E-state index contributed by atoms with van der Waals surface area (Å²) in [5.74, 6) is 0.737. The Morgan fingerprint density at radius 1 is 0.923 bits per heavy atom. The fourth-order valence-corrected chi connectivity index (χ4v) is 4.85. The van der Waals surface area contributed by atoms with E-state index in [4.69, 9.17) is 4.74 Å². The van der Waals surface area contributed by atoms with Gasteiger partial charge in [0.05, 0.1) is 6.26 Å². The first-order valence-electron chi connectivity index (χ1n) is 10.0. The third-order valence-corrected chi connectivity index (χ3v) is 6.44. The highest BCUT2D eigenvalue weighted by Crippen LogP contribution is 2.45. The lowest BCUT2D eigenvalue weighted by Gasteiger charge is -2.37. The number of hydrogen-bond donors (Lipinski definition) is 0. The van der Waals surface area contributed by atoms with E-state index in [9.17, 15) is 8.78 Å². The summed E-state index contributed by atoms with van der Waals surface area (Å²) in [5.41, 5.74) is 0.518. The predicted octanol–water partition coefficient (Wildman–Crippen LogP) is 7.14. The van der Waals surface area contributed by atoms with Crippen LogP contribution in [0.4, 0.5) is 8.78 Å². The van der Waals surface area contributed by atoms with Gasteiger partial charge in [0.15, 0.2) is 11.6 Å². The minimum atomic E-state index is -0.870. The van der Waals surface area contributed by atoms with E-state index in [1.54, 1.807) is 25.1 Å². The van der Waals surface area contributed by atoms with Crippen molar-refractivity contribution in [2.75, 3.05) is 0 Å². The molecular weight excluding hydrogens is 330 g/mol. The van der Waals surface area contributed by atoms with Crippen LogP contribution in [0.5, 0.6) is 5.75 Å². The topological polar surface area (TPSA) is 9.23 Å². The number of hydrogen-bond acceptors (Lipinski definition) is 1. The fraction of sp³-hybridized carbons (Fsp3) is 0.565. The van der Waals surface area contributed by atoms with E-state index >= 15 is 0 Å².